The SMILES string of the molecule is CCc1ccccc1NC(=O)c1snnc1C(F)F. The number of halogens is 2. The summed E-state index contributed by atoms with van der Waals surface area (Å²) in [6.07, 6.45) is -2.07. The zero-order valence-corrected chi connectivity index (χ0v) is 10.9. The lowest BCUT2D eigenvalue weighted by molar-refractivity contribution is 0.101. The van der Waals surface area contributed by atoms with Crippen molar-refractivity contribution in [1.29, 1.82) is 0 Å². The van der Waals surface area contributed by atoms with Crippen LogP contribution in [0.1, 0.15) is 34.3 Å². The predicted molar refractivity (Wildman–Crippen MR) is 68.6 cm³/mol. The number of rotatable bonds is 4. The molecule has 0 saturated carbocycles. The molecule has 1 aromatic carbocycles. The largest absolute Gasteiger partial charge is 0.321 e. The molecule has 1 heterocycles. The van der Waals surface area contributed by atoms with E-state index in [9.17, 15) is 13.6 Å². The quantitative estimate of drug-likeness (QED) is 0.936. The Balaban J connectivity index is 2.23. The van der Waals surface area contributed by atoms with Gasteiger partial charge in [0.25, 0.3) is 12.3 Å². The monoisotopic (exact) mass is 283 g/mol. The van der Waals surface area contributed by atoms with Crippen LogP contribution in [-0.2, 0) is 6.42 Å². The Morgan fingerprint density at radius 3 is 2.84 bits per heavy atom. The van der Waals surface area contributed by atoms with Crippen LogP contribution in [0.4, 0.5) is 14.5 Å². The Morgan fingerprint density at radius 2 is 2.16 bits per heavy atom. The molecule has 1 aromatic heterocycles. The summed E-state index contributed by atoms with van der Waals surface area (Å²) in [5.74, 6) is -0.605. The van der Waals surface area contributed by atoms with Gasteiger partial charge in [0, 0.05) is 5.69 Å². The summed E-state index contributed by atoms with van der Waals surface area (Å²) in [4.78, 5) is 11.8. The van der Waals surface area contributed by atoms with Crippen LogP contribution in [0.15, 0.2) is 24.3 Å². The molecule has 0 saturated heterocycles. The Hall–Kier alpha value is -1.89. The van der Waals surface area contributed by atoms with Crippen molar-refractivity contribution in [2.24, 2.45) is 0 Å². The first-order valence-electron chi connectivity index (χ1n) is 5.63. The van der Waals surface area contributed by atoms with Crippen LogP contribution in [-0.4, -0.2) is 15.5 Å². The molecule has 0 radical (unpaired) electrons. The van der Waals surface area contributed by atoms with E-state index in [-0.39, 0.29) is 4.88 Å². The smallest absolute Gasteiger partial charge is 0.283 e. The highest BCUT2D eigenvalue weighted by Crippen LogP contribution is 2.24. The second-order valence-corrected chi connectivity index (χ2v) is 4.51. The molecular weight excluding hydrogens is 272 g/mol. The summed E-state index contributed by atoms with van der Waals surface area (Å²) in [5, 5.41) is 5.90. The molecule has 0 bridgehead atoms. The third-order valence-corrected chi connectivity index (χ3v) is 3.31. The van der Waals surface area contributed by atoms with Gasteiger partial charge in [0.2, 0.25) is 0 Å². The molecule has 100 valence electrons. The number of nitrogens with one attached hydrogen (secondary N) is 1. The van der Waals surface area contributed by atoms with Crippen molar-refractivity contribution in [3.05, 3.63) is 40.4 Å². The van der Waals surface area contributed by atoms with E-state index in [2.05, 4.69) is 14.9 Å². The van der Waals surface area contributed by atoms with Gasteiger partial charge in [0.15, 0.2) is 5.69 Å². The van der Waals surface area contributed by atoms with Crippen LogP contribution in [0, 0.1) is 0 Å². The molecule has 19 heavy (non-hydrogen) atoms. The molecule has 0 unspecified atom stereocenters. The fourth-order valence-corrected chi connectivity index (χ4v) is 2.20. The summed E-state index contributed by atoms with van der Waals surface area (Å²) in [6, 6.07) is 7.23. The van der Waals surface area contributed by atoms with Gasteiger partial charge in [-0.1, -0.05) is 29.6 Å². The molecule has 0 aliphatic carbocycles. The molecule has 0 atom stereocenters. The number of carbonyl (C=O) groups excluding carboxylic acids is 1. The number of aromatic nitrogens is 2. The van der Waals surface area contributed by atoms with Gasteiger partial charge >= 0.3 is 0 Å². The van der Waals surface area contributed by atoms with Gasteiger partial charge in [0.05, 0.1) is 0 Å². The Kier molecular flexibility index (Phi) is 4.16. The first-order chi connectivity index (χ1) is 9.13. The number of anilines is 1. The van der Waals surface area contributed by atoms with Crippen molar-refractivity contribution in [1.82, 2.24) is 9.59 Å². The molecule has 0 spiro atoms. The van der Waals surface area contributed by atoms with Crippen molar-refractivity contribution < 1.29 is 13.6 Å². The van der Waals surface area contributed by atoms with E-state index in [0.717, 1.165) is 12.0 Å². The van der Waals surface area contributed by atoms with Crippen molar-refractivity contribution in [2.75, 3.05) is 5.32 Å². The number of alkyl halides is 2. The van der Waals surface area contributed by atoms with Crippen LogP contribution >= 0.6 is 11.5 Å². The van der Waals surface area contributed by atoms with Crippen LogP contribution in [0.2, 0.25) is 0 Å². The molecule has 2 rings (SSSR count). The van der Waals surface area contributed by atoms with E-state index in [1.54, 1.807) is 12.1 Å². The Bertz CT molecular complexity index is 586. The van der Waals surface area contributed by atoms with Crippen LogP contribution in [0.3, 0.4) is 0 Å². The van der Waals surface area contributed by atoms with Crippen LogP contribution in [0.25, 0.3) is 0 Å². The van der Waals surface area contributed by atoms with Crippen molar-refractivity contribution >= 4 is 23.1 Å². The standard InChI is InChI=1S/C12H11F2N3OS/c1-2-7-5-3-4-6-8(7)15-12(18)10-9(11(13)14)16-17-19-10/h3-6,11H,2H2,1H3,(H,15,18). The summed E-state index contributed by atoms with van der Waals surface area (Å²) < 4.78 is 28.7. The van der Waals surface area contributed by atoms with Gasteiger partial charge in [-0.2, -0.15) is 0 Å². The predicted octanol–water partition coefficient (Wildman–Crippen LogP) is 3.29. The molecule has 0 aliphatic rings. The zero-order chi connectivity index (χ0) is 13.8. The van der Waals surface area contributed by atoms with Gasteiger partial charge in [0.1, 0.15) is 4.88 Å². The lowest BCUT2D eigenvalue weighted by atomic mass is 10.1. The number of carbonyl (C=O) groups is 1. The van der Waals surface area contributed by atoms with Gasteiger partial charge in [-0.05, 0) is 29.6 Å². The van der Waals surface area contributed by atoms with Crippen molar-refractivity contribution in [3.8, 4) is 0 Å². The molecule has 1 N–H and O–H groups in total. The number of para-hydroxylation sites is 1. The highest BCUT2D eigenvalue weighted by molar-refractivity contribution is 7.08. The van der Waals surface area contributed by atoms with Crippen LogP contribution < -0.4 is 5.32 Å². The summed E-state index contributed by atoms with van der Waals surface area (Å²) in [5.41, 5.74) is 0.979. The maximum atomic E-state index is 12.6. The highest BCUT2D eigenvalue weighted by Gasteiger charge is 2.23. The van der Waals surface area contributed by atoms with E-state index in [1.807, 2.05) is 19.1 Å². The lowest BCUT2D eigenvalue weighted by Crippen LogP contribution is -2.13. The third-order valence-electron chi connectivity index (χ3n) is 2.57. The average molecular weight is 283 g/mol. The number of benzene rings is 1. The summed E-state index contributed by atoms with van der Waals surface area (Å²) >= 11 is 0.666. The second-order valence-electron chi connectivity index (χ2n) is 3.75. The van der Waals surface area contributed by atoms with Crippen LogP contribution in [0.5, 0.6) is 0 Å². The van der Waals surface area contributed by atoms with Crippen molar-refractivity contribution in [3.63, 3.8) is 0 Å². The minimum absolute atomic E-state index is 0.152. The average Bonchev–Trinajstić information content (AvgIpc) is 2.88. The number of aryl methyl sites for hydroxylation is 1. The Morgan fingerprint density at radius 1 is 1.42 bits per heavy atom. The zero-order valence-electron chi connectivity index (χ0n) is 10.1. The first kappa shape index (κ1) is 13.5. The lowest BCUT2D eigenvalue weighted by Gasteiger charge is -2.08. The Labute approximate surface area is 112 Å². The fraction of sp³-hybridized carbons (Fsp3) is 0.250. The molecule has 7 heteroatoms. The van der Waals surface area contributed by atoms with Gasteiger partial charge in [-0.15, -0.1) is 5.10 Å². The molecular formula is C12H11F2N3OS. The highest BCUT2D eigenvalue weighted by atomic mass is 32.1. The molecule has 0 aliphatic heterocycles. The maximum absolute atomic E-state index is 12.6. The van der Waals surface area contributed by atoms with Gasteiger partial charge in [-0.25, -0.2) is 8.78 Å². The van der Waals surface area contributed by atoms with E-state index < -0.39 is 18.0 Å². The molecule has 1 amide bonds. The minimum atomic E-state index is -2.80. The number of nitrogens with zero attached hydrogens (tertiary/aromatic N) is 2. The van der Waals surface area contributed by atoms with E-state index in [1.165, 1.54) is 0 Å². The molecule has 2 aromatic rings. The maximum Gasteiger partial charge on any atom is 0.283 e. The first-order valence-corrected chi connectivity index (χ1v) is 6.40. The van der Waals surface area contributed by atoms with E-state index >= 15 is 0 Å². The molecule has 0 fully saturated rings. The normalized spacial score (nSPS) is 10.7. The number of hydrogen-bond donors (Lipinski definition) is 1. The summed E-state index contributed by atoms with van der Waals surface area (Å²) in [7, 11) is 0. The topological polar surface area (TPSA) is 54.9 Å². The summed E-state index contributed by atoms with van der Waals surface area (Å²) in [6.45, 7) is 1.95. The van der Waals surface area contributed by atoms with E-state index in [0.29, 0.717) is 17.2 Å². The van der Waals surface area contributed by atoms with Gasteiger partial charge in [-0.3, -0.25) is 4.79 Å². The number of hydrogen-bond acceptors (Lipinski definition) is 4. The fourth-order valence-electron chi connectivity index (χ4n) is 1.63. The number of amides is 1. The van der Waals surface area contributed by atoms with E-state index in [4.69, 9.17) is 0 Å². The van der Waals surface area contributed by atoms with Gasteiger partial charge < -0.3 is 5.32 Å². The third kappa shape index (κ3) is 2.93. The molecule has 4 nitrogen and oxygen atoms in total. The second kappa shape index (κ2) is 5.83. The van der Waals surface area contributed by atoms with Crippen molar-refractivity contribution in [2.45, 2.75) is 19.8 Å². The minimum Gasteiger partial charge on any atom is -0.321 e.